The standard InChI is InChI=1S/C17H22N2O6/c1-10(25-17(22)23-9-12-7-5-4-6-8-12)13-14(19-15(13)20)11(2)24-16(21)18-3/h4-8,10-11,13-14H,9H2,1-3H3,(H,18,21)(H,19,20)/t10-,11+,13-,14-/m1/s1. The van der Waals surface area contributed by atoms with Gasteiger partial charge in [0.25, 0.3) is 0 Å². The topological polar surface area (TPSA) is 103 Å². The Bertz CT molecular complexity index is 621. The van der Waals surface area contributed by atoms with Crippen molar-refractivity contribution >= 4 is 18.2 Å². The summed E-state index contributed by atoms with van der Waals surface area (Å²) in [4.78, 5) is 34.9. The number of carbonyl (C=O) groups excluding carboxylic acids is 3. The number of amides is 2. The smallest absolute Gasteiger partial charge is 0.444 e. The largest absolute Gasteiger partial charge is 0.508 e. The van der Waals surface area contributed by atoms with E-state index in [1.54, 1.807) is 13.8 Å². The summed E-state index contributed by atoms with van der Waals surface area (Å²) < 4.78 is 15.3. The van der Waals surface area contributed by atoms with Gasteiger partial charge in [-0.3, -0.25) is 4.79 Å². The first-order valence-corrected chi connectivity index (χ1v) is 7.98. The van der Waals surface area contributed by atoms with Crippen LogP contribution in [0.5, 0.6) is 0 Å². The summed E-state index contributed by atoms with van der Waals surface area (Å²) in [5, 5.41) is 5.00. The van der Waals surface area contributed by atoms with Crippen LogP contribution in [0.15, 0.2) is 30.3 Å². The Labute approximate surface area is 145 Å². The Morgan fingerprint density at radius 3 is 2.44 bits per heavy atom. The van der Waals surface area contributed by atoms with Gasteiger partial charge in [-0.25, -0.2) is 9.59 Å². The number of hydrogen-bond donors (Lipinski definition) is 2. The van der Waals surface area contributed by atoms with Gasteiger partial charge in [-0.05, 0) is 19.4 Å². The van der Waals surface area contributed by atoms with E-state index in [2.05, 4.69) is 10.6 Å². The molecular weight excluding hydrogens is 328 g/mol. The summed E-state index contributed by atoms with van der Waals surface area (Å²) in [6, 6.07) is 8.75. The second kappa shape index (κ2) is 8.36. The van der Waals surface area contributed by atoms with E-state index in [4.69, 9.17) is 14.2 Å². The molecule has 0 unspecified atom stereocenters. The molecule has 0 radical (unpaired) electrons. The molecule has 1 heterocycles. The van der Waals surface area contributed by atoms with Gasteiger partial charge in [-0.1, -0.05) is 30.3 Å². The summed E-state index contributed by atoms with van der Waals surface area (Å²) in [5.41, 5.74) is 0.832. The average molecular weight is 350 g/mol. The van der Waals surface area contributed by atoms with E-state index in [1.165, 1.54) is 7.05 Å². The van der Waals surface area contributed by atoms with Gasteiger partial charge in [0, 0.05) is 7.05 Å². The zero-order chi connectivity index (χ0) is 18.4. The molecule has 1 saturated heterocycles. The SMILES string of the molecule is CNC(=O)O[C@@H](C)[C@H]1NC(=O)[C@@H]1[C@@H](C)OC(=O)OCc1ccccc1. The molecule has 0 bridgehead atoms. The molecule has 0 saturated carbocycles. The van der Waals surface area contributed by atoms with Crippen LogP contribution in [-0.2, 0) is 25.6 Å². The predicted octanol–water partition coefficient (Wildman–Crippen LogP) is 1.59. The normalized spacial score (nSPS) is 21.2. The summed E-state index contributed by atoms with van der Waals surface area (Å²) in [6.45, 7) is 3.35. The average Bonchev–Trinajstić information content (AvgIpc) is 2.58. The lowest BCUT2D eigenvalue weighted by Crippen LogP contribution is -2.67. The van der Waals surface area contributed by atoms with E-state index in [0.717, 1.165) is 5.56 Å². The Kier molecular flexibility index (Phi) is 6.21. The fraction of sp³-hybridized carbons (Fsp3) is 0.471. The van der Waals surface area contributed by atoms with Gasteiger partial charge in [0.1, 0.15) is 18.8 Å². The van der Waals surface area contributed by atoms with E-state index >= 15 is 0 Å². The highest BCUT2D eigenvalue weighted by Crippen LogP contribution is 2.26. The van der Waals surface area contributed by atoms with E-state index in [9.17, 15) is 14.4 Å². The molecule has 4 atom stereocenters. The summed E-state index contributed by atoms with van der Waals surface area (Å²) >= 11 is 0. The minimum atomic E-state index is -0.852. The highest BCUT2D eigenvalue weighted by molar-refractivity contribution is 5.87. The molecule has 1 aromatic rings. The van der Waals surface area contributed by atoms with Crippen LogP contribution in [0.25, 0.3) is 0 Å². The van der Waals surface area contributed by atoms with Crippen LogP contribution in [0.2, 0.25) is 0 Å². The van der Waals surface area contributed by atoms with Crippen molar-refractivity contribution in [2.24, 2.45) is 5.92 Å². The van der Waals surface area contributed by atoms with Crippen LogP contribution in [-0.4, -0.2) is 43.5 Å². The van der Waals surface area contributed by atoms with Crippen LogP contribution < -0.4 is 10.6 Å². The molecule has 136 valence electrons. The fourth-order valence-corrected chi connectivity index (χ4v) is 2.61. The molecule has 1 aliphatic heterocycles. The second-order valence-corrected chi connectivity index (χ2v) is 5.77. The second-order valence-electron chi connectivity index (χ2n) is 5.77. The molecule has 1 fully saturated rings. The summed E-state index contributed by atoms with van der Waals surface area (Å²) in [5.74, 6) is -0.871. The summed E-state index contributed by atoms with van der Waals surface area (Å²) in [6.07, 6.45) is -2.72. The predicted molar refractivity (Wildman–Crippen MR) is 87.6 cm³/mol. The third-order valence-electron chi connectivity index (χ3n) is 3.99. The molecule has 8 heteroatoms. The number of ether oxygens (including phenoxy) is 3. The maximum atomic E-state index is 11.8. The third-order valence-corrected chi connectivity index (χ3v) is 3.99. The molecule has 25 heavy (non-hydrogen) atoms. The van der Waals surface area contributed by atoms with Crippen molar-refractivity contribution in [1.29, 1.82) is 0 Å². The Morgan fingerprint density at radius 2 is 1.84 bits per heavy atom. The van der Waals surface area contributed by atoms with Gasteiger partial charge in [-0.15, -0.1) is 0 Å². The maximum Gasteiger partial charge on any atom is 0.508 e. The fourth-order valence-electron chi connectivity index (χ4n) is 2.61. The number of hydrogen-bond acceptors (Lipinski definition) is 6. The number of carbonyl (C=O) groups is 3. The quantitative estimate of drug-likeness (QED) is 0.596. The van der Waals surface area contributed by atoms with Gasteiger partial charge < -0.3 is 24.8 Å². The number of β-lactam (4-membered cyclic amide) rings is 1. The molecule has 0 spiro atoms. The molecule has 2 rings (SSSR count). The lowest BCUT2D eigenvalue weighted by atomic mass is 9.83. The van der Waals surface area contributed by atoms with Gasteiger partial charge in [0.2, 0.25) is 5.91 Å². The van der Waals surface area contributed by atoms with Gasteiger partial charge in [0.15, 0.2) is 0 Å². The van der Waals surface area contributed by atoms with Crippen LogP contribution >= 0.6 is 0 Å². The molecule has 1 aliphatic rings. The minimum absolute atomic E-state index is 0.0862. The van der Waals surface area contributed by atoms with E-state index < -0.39 is 36.4 Å². The van der Waals surface area contributed by atoms with E-state index in [0.29, 0.717) is 0 Å². The van der Waals surface area contributed by atoms with Crippen molar-refractivity contribution in [2.75, 3.05) is 7.05 Å². The third kappa shape index (κ3) is 4.85. The van der Waals surface area contributed by atoms with Crippen molar-refractivity contribution in [2.45, 2.75) is 38.7 Å². The highest BCUT2D eigenvalue weighted by Gasteiger charge is 2.48. The van der Waals surface area contributed by atoms with Crippen molar-refractivity contribution in [3.8, 4) is 0 Å². The lowest BCUT2D eigenvalue weighted by Gasteiger charge is -2.42. The molecule has 2 N–H and O–H groups in total. The maximum absolute atomic E-state index is 11.8. The van der Waals surface area contributed by atoms with Crippen molar-refractivity contribution in [3.63, 3.8) is 0 Å². The number of rotatable bonds is 6. The van der Waals surface area contributed by atoms with E-state index in [-0.39, 0.29) is 12.5 Å². The van der Waals surface area contributed by atoms with Crippen molar-refractivity contribution in [3.05, 3.63) is 35.9 Å². The van der Waals surface area contributed by atoms with Crippen molar-refractivity contribution < 1.29 is 28.6 Å². The molecular formula is C17H22N2O6. The highest BCUT2D eigenvalue weighted by atomic mass is 16.7. The zero-order valence-corrected chi connectivity index (χ0v) is 14.4. The number of benzene rings is 1. The zero-order valence-electron chi connectivity index (χ0n) is 14.4. The number of nitrogens with one attached hydrogen (secondary N) is 2. The summed E-state index contributed by atoms with van der Waals surface area (Å²) in [7, 11) is 1.44. The van der Waals surface area contributed by atoms with Crippen LogP contribution in [0.3, 0.4) is 0 Å². The van der Waals surface area contributed by atoms with Gasteiger partial charge in [-0.2, -0.15) is 0 Å². The van der Waals surface area contributed by atoms with Crippen LogP contribution in [0.1, 0.15) is 19.4 Å². The first-order valence-electron chi connectivity index (χ1n) is 7.98. The van der Waals surface area contributed by atoms with E-state index in [1.807, 2.05) is 30.3 Å². The Balaban J connectivity index is 1.83. The molecule has 0 aromatic heterocycles. The molecule has 0 aliphatic carbocycles. The Morgan fingerprint density at radius 1 is 1.16 bits per heavy atom. The molecule has 2 amide bonds. The monoisotopic (exact) mass is 350 g/mol. The first-order chi connectivity index (χ1) is 11.9. The van der Waals surface area contributed by atoms with Gasteiger partial charge in [0.05, 0.1) is 12.0 Å². The number of alkyl carbamates (subject to hydrolysis) is 1. The minimum Gasteiger partial charge on any atom is -0.444 e. The lowest BCUT2D eigenvalue weighted by molar-refractivity contribution is -0.146. The first kappa shape index (κ1) is 18.6. The Hall–Kier alpha value is -2.77. The van der Waals surface area contributed by atoms with Crippen molar-refractivity contribution in [1.82, 2.24) is 10.6 Å². The van der Waals surface area contributed by atoms with Gasteiger partial charge >= 0.3 is 12.2 Å². The molecule has 8 nitrogen and oxygen atoms in total. The van der Waals surface area contributed by atoms with Crippen LogP contribution in [0, 0.1) is 5.92 Å². The van der Waals surface area contributed by atoms with Crippen LogP contribution in [0.4, 0.5) is 9.59 Å². The molecule has 1 aromatic carbocycles.